The van der Waals surface area contributed by atoms with E-state index in [0.29, 0.717) is 0 Å². The Hall–Kier alpha value is -2.61. The van der Waals surface area contributed by atoms with Gasteiger partial charge in [-0.2, -0.15) is 0 Å². The predicted octanol–water partition coefficient (Wildman–Crippen LogP) is 2.45. The minimum atomic E-state index is -1.58. The van der Waals surface area contributed by atoms with Crippen LogP contribution in [0.2, 0.25) is 5.02 Å². The molecule has 0 spiro atoms. The summed E-state index contributed by atoms with van der Waals surface area (Å²) in [5.74, 6) is -5.77. The highest BCUT2D eigenvalue weighted by atomic mass is 35.5. The molecular weight excluding hydrogens is 342 g/mol. The lowest BCUT2D eigenvalue weighted by molar-refractivity contribution is -0.436. The van der Waals surface area contributed by atoms with Gasteiger partial charge in [-0.05, 0) is 18.6 Å². The van der Waals surface area contributed by atoms with Crippen molar-refractivity contribution in [2.45, 2.75) is 12.8 Å². The molecule has 1 N–H and O–H groups in total. The molecule has 130 valence electrons. The molecule has 2 unspecified atom stereocenters. The Labute approximate surface area is 142 Å². The van der Waals surface area contributed by atoms with Crippen LogP contribution in [-0.4, -0.2) is 36.0 Å². The Morgan fingerprint density at radius 2 is 1.83 bits per heavy atom. The molecule has 1 rings (SSSR count). The van der Waals surface area contributed by atoms with Gasteiger partial charge in [-0.15, -0.1) is 0 Å². The number of carbonyl (C=O) groups is 2. The molecule has 0 bridgehead atoms. The lowest BCUT2D eigenvalue weighted by Crippen LogP contribution is -2.33. The average molecular weight is 358 g/mol. The fourth-order valence-electron chi connectivity index (χ4n) is 2.31. The molecule has 0 radical (unpaired) electrons. The maximum Gasteiger partial charge on any atom is 0.354 e. The molecule has 0 aliphatic carbocycles. The van der Waals surface area contributed by atoms with Crippen LogP contribution >= 0.6 is 11.6 Å². The minimum Gasteiger partial charge on any atom is -0.476 e. The first-order valence-electron chi connectivity index (χ1n) is 6.70. The molecule has 24 heavy (non-hydrogen) atoms. The van der Waals surface area contributed by atoms with E-state index < -0.39 is 40.2 Å². The molecule has 8 nitrogen and oxygen atoms in total. The van der Waals surface area contributed by atoms with Crippen LogP contribution in [0, 0.1) is 16.0 Å². The first kappa shape index (κ1) is 19.4. The monoisotopic (exact) mass is 357 g/mol. The molecule has 0 amide bonds. The topological polar surface area (TPSA) is 116 Å². The van der Waals surface area contributed by atoms with E-state index in [1.165, 1.54) is 18.2 Å². The number of allylic oxidation sites excluding steroid dienone is 1. The first-order chi connectivity index (χ1) is 11.3. The maximum absolute atomic E-state index is 12.1. The van der Waals surface area contributed by atoms with Crippen molar-refractivity contribution in [3.05, 3.63) is 56.6 Å². The van der Waals surface area contributed by atoms with Crippen molar-refractivity contribution in [1.29, 1.82) is 0 Å². The van der Waals surface area contributed by atoms with Crippen molar-refractivity contribution in [3.8, 4) is 0 Å². The number of hydrogen-bond acceptors (Lipinski definition) is 7. The summed E-state index contributed by atoms with van der Waals surface area (Å²) in [6, 6.07) is 5.97. The van der Waals surface area contributed by atoms with E-state index in [4.69, 9.17) is 11.6 Å². The van der Waals surface area contributed by atoms with E-state index in [1.54, 1.807) is 6.07 Å². The number of benzene rings is 1. The summed E-state index contributed by atoms with van der Waals surface area (Å²) in [5.41, 5.74) is -0.753. The molecule has 1 aromatic carbocycles. The summed E-state index contributed by atoms with van der Waals surface area (Å²) in [7, 11) is 2.07. The van der Waals surface area contributed by atoms with E-state index in [1.807, 2.05) is 0 Å². The van der Waals surface area contributed by atoms with Gasteiger partial charge in [0.15, 0.2) is 0 Å². The molecule has 0 fully saturated rings. The molecule has 0 saturated heterocycles. The zero-order chi connectivity index (χ0) is 18.4. The summed E-state index contributed by atoms with van der Waals surface area (Å²) in [5, 5.41) is 21.4. The molecule has 0 saturated carbocycles. The lowest BCUT2D eigenvalue weighted by Gasteiger charge is -2.22. The summed E-state index contributed by atoms with van der Waals surface area (Å²) in [4.78, 5) is 34.6. The van der Waals surface area contributed by atoms with Gasteiger partial charge in [0.05, 0.1) is 19.1 Å². The van der Waals surface area contributed by atoms with Crippen molar-refractivity contribution in [2.24, 2.45) is 5.92 Å². The number of hydrogen-bond donors (Lipinski definition) is 1. The number of halogens is 1. The third kappa shape index (κ3) is 4.02. The van der Waals surface area contributed by atoms with Gasteiger partial charge >= 0.3 is 17.6 Å². The van der Waals surface area contributed by atoms with Gasteiger partial charge < -0.3 is 14.6 Å². The van der Waals surface area contributed by atoms with Gasteiger partial charge in [-0.25, -0.2) is 0 Å². The van der Waals surface area contributed by atoms with Crippen LogP contribution in [0.4, 0.5) is 0 Å². The highest BCUT2D eigenvalue weighted by molar-refractivity contribution is 6.31. The highest BCUT2D eigenvalue weighted by Crippen LogP contribution is 2.38. The van der Waals surface area contributed by atoms with E-state index in [-0.39, 0.29) is 10.6 Å². The number of aliphatic hydroxyl groups excluding tert-OH is 1. The number of methoxy groups -OCH3 is 2. The summed E-state index contributed by atoms with van der Waals surface area (Å²) in [6.07, 6.45) is 0. The SMILES string of the molecule is COC(=O)C(C(C)=O)C(C(=C(O)OC)[N+](=O)[O-])c1ccccc1Cl. The summed E-state index contributed by atoms with van der Waals surface area (Å²) in [6.45, 7) is 1.09. The van der Waals surface area contributed by atoms with Gasteiger partial charge in [0.2, 0.25) is 0 Å². The number of nitro groups is 1. The quantitative estimate of drug-likeness (QED) is 0.262. The number of nitrogens with zero attached hydrogens (tertiary/aromatic N) is 1. The number of ether oxygens (including phenoxy) is 2. The van der Waals surface area contributed by atoms with E-state index in [9.17, 15) is 24.8 Å². The van der Waals surface area contributed by atoms with Gasteiger partial charge in [0.25, 0.3) is 0 Å². The van der Waals surface area contributed by atoms with E-state index >= 15 is 0 Å². The normalized spacial score (nSPS) is 14.2. The molecule has 0 heterocycles. The molecule has 2 atom stereocenters. The predicted molar refractivity (Wildman–Crippen MR) is 84.0 cm³/mol. The van der Waals surface area contributed by atoms with E-state index in [0.717, 1.165) is 21.1 Å². The van der Waals surface area contributed by atoms with Crippen LogP contribution in [0.1, 0.15) is 18.4 Å². The zero-order valence-corrected chi connectivity index (χ0v) is 13.9. The summed E-state index contributed by atoms with van der Waals surface area (Å²) >= 11 is 6.08. The van der Waals surface area contributed by atoms with Crippen LogP contribution in [-0.2, 0) is 19.1 Å². The molecule has 0 aromatic heterocycles. The minimum absolute atomic E-state index is 0.0842. The number of Topliss-reactive ketones (excluding diaryl/α,β-unsaturated/α-hetero) is 1. The molecule has 1 aromatic rings. The Kier molecular flexibility index (Phi) is 6.72. The van der Waals surface area contributed by atoms with Gasteiger partial charge in [0, 0.05) is 5.02 Å². The van der Waals surface area contributed by atoms with Crippen molar-refractivity contribution in [3.63, 3.8) is 0 Å². The van der Waals surface area contributed by atoms with Gasteiger partial charge in [-0.1, -0.05) is 29.8 Å². The van der Waals surface area contributed by atoms with Crippen molar-refractivity contribution < 1.29 is 29.1 Å². The largest absolute Gasteiger partial charge is 0.476 e. The maximum atomic E-state index is 12.1. The average Bonchev–Trinajstić information content (AvgIpc) is 2.53. The second kappa shape index (κ2) is 8.30. The smallest absolute Gasteiger partial charge is 0.354 e. The Morgan fingerprint density at radius 3 is 2.25 bits per heavy atom. The zero-order valence-electron chi connectivity index (χ0n) is 13.2. The second-order valence-corrected chi connectivity index (χ2v) is 5.17. The fourth-order valence-corrected chi connectivity index (χ4v) is 2.56. The summed E-state index contributed by atoms with van der Waals surface area (Å²) < 4.78 is 9.14. The second-order valence-electron chi connectivity index (χ2n) is 4.76. The van der Waals surface area contributed by atoms with Crippen LogP contribution < -0.4 is 0 Å². The van der Waals surface area contributed by atoms with Crippen molar-refractivity contribution in [2.75, 3.05) is 14.2 Å². The highest BCUT2D eigenvalue weighted by Gasteiger charge is 2.45. The molecule has 9 heteroatoms. The number of ketones is 1. The third-order valence-electron chi connectivity index (χ3n) is 3.37. The Morgan fingerprint density at radius 1 is 1.25 bits per heavy atom. The van der Waals surface area contributed by atoms with Gasteiger partial charge in [0.1, 0.15) is 17.6 Å². The third-order valence-corrected chi connectivity index (χ3v) is 3.71. The lowest BCUT2D eigenvalue weighted by atomic mass is 9.81. The Balaban J connectivity index is 3.76. The number of esters is 1. The standard InChI is InChI=1S/C15H16ClNO7/c1-8(18)11(14(19)23-2)12(9-6-4-5-7-10(9)16)13(17(21)22)15(20)24-3/h4-7,11-12,20H,1-3H3. The molecule has 0 aliphatic rings. The van der Waals surface area contributed by atoms with Crippen LogP contribution in [0.3, 0.4) is 0 Å². The van der Waals surface area contributed by atoms with Crippen molar-refractivity contribution >= 4 is 23.4 Å². The van der Waals surface area contributed by atoms with Crippen molar-refractivity contribution in [1.82, 2.24) is 0 Å². The van der Waals surface area contributed by atoms with E-state index in [2.05, 4.69) is 9.47 Å². The first-order valence-corrected chi connectivity index (χ1v) is 7.08. The number of rotatable bonds is 7. The van der Waals surface area contributed by atoms with Crippen LogP contribution in [0.5, 0.6) is 0 Å². The fraction of sp³-hybridized carbons (Fsp3) is 0.333. The molecular formula is C15H16ClNO7. The Bertz CT molecular complexity index is 686. The van der Waals surface area contributed by atoms with Crippen LogP contribution in [0.15, 0.2) is 35.9 Å². The van der Waals surface area contributed by atoms with Gasteiger partial charge in [-0.3, -0.25) is 19.7 Å². The number of aliphatic hydroxyl groups is 1. The number of carbonyl (C=O) groups excluding carboxylic acids is 2. The molecule has 0 aliphatic heterocycles. The van der Waals surface area contributed by atoms with Crippen LogP contribution in [0.25, 0.3) is 0 Å².